The minimum Gasteiger partial charge on any atom is -0.495 e. The minimum absolute atomic E-state index is 0.558. The van der Waals surface area contributed by atoms with Gasteiger partial charge in [0, 0.05) is 18.5 Å². The van der Waals surface area contributed by atoms with Gasteiger partial charge >= 0.3 is 0 Å². The summed E-state index contributed by atoms with van der Waals surface area (Å²) in [6, 6.07) is 3.78. The van der Waals surface area contributed by atoms with Crippen molar-refractivity contribution >= 4 is 28.3 Å². The third-order valence-corrected chi connectivity index (χ3v) is 3.50. The number of halogens is 1. The van der Waals surface area contributed by atoms with Crippen molar-refractivity contribution < 1.29 is 9.47 Å². The zero-order valence-electron chi connectivity index (χ0n) is 11.5. The first-order chi connectivity index (χ1) is 9.15. The zero-order valence-corrected chi connectivity index (χ0v) is 12.3. The molecule has 0 saturated carbocycles. The van der Waals surface area contributed by atoms with Gasteiger partial charge in [0.15, 0.2) is 0 Å². The van der Waals surface area contributed by atoms with Crippen LogP contribution in [0.2, 0.25) is 5.02 Å². The number of pyridine rings is 1. The monoisotopic (exact) mass is 280 g/mol. The van der Waals surface area contributed by atoms with Crippen molar-refractivity contribution in [2.45, 2.75) is 13.3 Å². The van der Waals surface area contributed by atoms with E-state index in [0.717, 1.165) is 28.7 Å². The highest BCUT2D eigenvalue weighted by Crippen LogP contribution is 2.39. The summed E-state index contributed by atoms with van der Waals surface area (Å²) in [6.07, 6.45) is 0.870. The summed E-state index contributed by atoms with van der Waals surface area (Å²) in [5.41, 5.74) is 1.84. The van der Waals surface area contributed by atoms with Gasteiger partial charge in [-0.3, -0.25) is 0 Å². The van der Waals surface area contributed by atoms with Crippen LogP contribution in [0.15, 0.2) is 12.1 Å². The van der Waals surface area contributed by atoms with Crippen molar-refractivity contribution in [2.75, 3.05) is 26.6 Å². The smallest absolute Gasteiger partial charge is 0.148 e. The Bertz CT molecular complexity index is 614. The number of aryl methyl sites for hydroxylation is 1. The van der Waals surface area contributed by atoms with Gasteiger partial charge in [0.05, 0.1) is 19.2 Å². The Kier molecular flexibility index (Phi) is 4.00. The van der Waals surface area contributed by atoms with E-state index in [9.17, 15) is 0 Å². The van der Waals surface area contributed by atoms with Gasteiger partial charge in [0.2, 0.25) is 0 Å². The summed E-state index contributed by atoms with van der Waals surface area (Å²) in [5, 5.41) is 4.50. The molecule has 2 rings (SSSR count). The summed E-state index contributed by atoms with van der Waals surface area (Å²) in [4.78, 5) is 4.60. The second-order valence-electron chi connectivity index (χ2n) is 4.09. The molecule has 0 aliphatic heterocycles. The Hall–Kier alpha value is -1.68. The summed E-state index contributed by atoms with van der Waals surface area (Å²) < 4.78 is 10.6. The van der Waals surface area contributed by atoms with E-state index in [4.69, 9.17) is 21.1 Å². The van der Waals surface area contributed by atoms with E-state index in [1.54, 1.807) is 20.3 Å². The minimum atomic E-state index is 0.558. The number of aromatic nitrogens is 1. The SMILES string of the molecule is CCc1cc2c(Cl)c(OC)cc(OC)c2nc1NC. The zero-order chi connectivity index (χ0) is 14.0. The maximum Gasteiger partial charge on any atom is 0.148 e. The molecule has 1 aromatic heterocycles. The number of hydrogen-bond donors (Lipinski definition) is 1. The molecule has 0 fully saturated rings. The van der Waals surface area contributed by atoms with Crippen molar-refractivity contribution in [1.82, 2.24) is 4.98 Å². The standard InChI is InChI=1S/C14H17ClN2O2/c1-5-8-6-9-12(15)10(18-3)7-11(19-4)13(9)17-14(8)16-2/h6-7H,5H2,1-4H3,(H,16,17). The molecular formula is C14H17ClN2O2. The van der Waals surface area contributed by atoms with E-state index in [0.29, 0.717) is 16.5 Å². The lowest BCUT2D eigenvalue weighted by Crippen LogP contribution is -2.00. The maximum absolute atomic E-state index is 6.35. The fourth-order valence-corrected chi connectivity index (χ4v) is 2.36. The Morgan fingerprint density at radius 1 is 1.21 bits per heavy atom. The fourth-order valence-electron chi connectivity index (χ4n) is 2.08. The first kappa shape index (κ1) is 13.7. The molecule has 0 unspecified atom stereocenters. The van der Waals surface area contributed by atoms with Gasteiger partial charge in [-0.2, -0.15) is 0 Å². The predicted octanol–water partition coefficient (Wildman–Crippen LogP) is 3.51. The molecule has 0 bridgehead atoms. The van der Waals surface area contributed by atoms with Crippen LogP contribution in [0.5, 0.6) is 11.5 Å². The van der Waals surface area contributed by atoms with Crippen LogP contribution >= 0.6 is 11.6 Å². The molecule has 0 amide bonds. The van der Waals surface area contributed by atoms with Gasteiger partial charge in [-0.05, 0) is 18.1 Å². The molecule has 0 spiro atoms. The highest BCUT2D eigenvalue weighted by molar-refractivity contribution is 6.37. The van der Waals surface area contributed by atoms with Crippen molar-refractivity contribution in [1.29, 1.82) is 0 Å². The molecule has 1 heterocycles. The van der Waals surface area contributed by atoms with Crippen LogP contribution in [0.3, 0.4) is 0 Å². The lowest BCUT2D eigenvalue weighted by molar-refractivity contribution is 0.397. The Labute approximate surface area is 117 Å². The van der Waals surface area contributed by atoms with Gasteiger partial charge < -0.3 is 14.8 Å². The topological polar surface area (TPSA) is 43.4 Å². The molecule has 0 radical (unpaired) electrons. The lowest BCUT2D eigenvalue weighted by atomic mass is 10.1. The number of nitrogens with one attached hydrogen (secondary N) is 1. The quantitative estimate of drug-likeness (QED) is 0.931. The predicted molar refractivity (Wildman–Crippen MR) is 78.8 cm³/mol. The van der Waals surface area contributed by atoms with Crippen LogP contribution in [-0.2, 0) is 6.42 Å². The third-order valence-electron chi connectivity index (χ3n) is 3.11. The molecule has 0 aliphatic rings. The van der Waals surface area contributed by atoms with E-state index in [1.807, 2.05) is 13.1 Å². The molecule has 2 aromatic rings. The molecule has 1 N–H and O–H groups in total. The maximum atomic E-state index is 6.35. The number of benzene rings is 1. The molecule has 0 saturated heterocycles. The van der Waals surface area contributed by atoms with Crippen LogP contribution in [0.25, 0.3) is 10.9 Å². The number of fused-ring (bicyclic) bond motifs is 1. The average Bonchev–Trinajstić information content (AvgIpc) is 2.46. The van der Waals surface area contributed by atoms with Crippen molar-refractivity contribution in [2.24, 2.45) is 0 Å². The first-order valence-corrected chi connectivity index (χ1v) is 6.45. The van der Waals surface area contributed by atoms with E-state index >= 15 is 0 Å². The van der Waals surface area contributed by atoms with Gasteiger partial charge in [-0.25, -0.2) is 4.98 Å². The van der Waals surface area contributed by atoms with Crippen LogP contribution < -0.4 is 14.8 Å². The molecule has 1 aromatic carbocycles. The molecule has 4 nitrogen and oxygen atoms in total. The second kappa shape index (κ2) is 5.53. The van der Waals surface area contributed by atoms with Crippen LogP contribution in [-0.4, -0.2) is 26.3 Å². The summed E-state index contributed by atoms with van der Waals surface area (Å²) in [5.74, 6) is 2.08. The van der Waals surface area contributed by atoms with Gasteiger partial charge in [0.25, 0.3) is 0 Å². The highest BCUT2D eigenvalue weighted by Gasteiger charge is 2.15. The normalized spacial score (nSPS) is 10.6. The van der Waals surface area contributed by atoms with Crippen LogP contribution in [0.1, 0.15) is 12.5 Å². The van der Waals surface area contributed by atoms with Gasteiger partial charge in [-0.1, -0.05) is 18.5 Å². The van der Waals surface area contributed by atoms with Crippen LogP contribution in [0, 0.1) is 0 Å². The number of rotatable bonds is 4. The Morgan fingerprint density at radius 2 is 1.89 bits per heavy atom. The Balaban J connectivity index is 2.85. The van der Waals surface area contributed by atoms with E-state index < -0.39 is 0 Å². The van der Waals surface area contributed by atoms with Crippen LogP contribution in [0.4, 0.5) is 5.82 Å². The van der Waals surface area contributed by atoms with Crippen molar-refractivity contribution in [3.05, 3.63) is 22.7 Å². The molecule has 0 aliphatic carbocycles. The highest BCUT2D eigenvalue weighted by atomic mass is 35.5. The molecule has 102 valence electrons. The Morgan fingerprint density at radius 3 is 2.42 bits per heavy atom. The molecule has 19 heavy (non-hydrogen) atoms. The number of anilines is 1. The number of ether oxygens (including phenoxy) is 2. The van der Waals surface area contributed by atoms with Gasteiger partial charge in [-0.15, -0.1) is 0 Å². The molecule has 5 heteroatoms. The number of methoxy groups -OCH3 is 2. The number of hydrogen-bond acceptors (Lipinski definition) is 4. The van der Waals surface area contributed by atoms with Gasteiger partial charge in [0.1, 0.15) is 22.8 Å². The number of nitrogens with zero attached hydrogens (tertiary/aromatic N) is 1. The lowest BCUT2D eigenvalue weighted by Gasteiger charge is -2.14. The second-order valence-corrected chi connectivity index (χ2v) is 4.47. The summed E-state index contributed by atoms with van der Waals surface area (Å²) in [6.45, 7) is 2.08. The first-order valence-electron chi connectivity index (χ1n) is 6.08. The van der Waals surface area contributed by atoms with E-state index in [2.05, 4.69) is 17.2 Å². The molecular weight excluding hydrogens is 264 g/mol. The largest absolute Gasteiger partial charge is 0.495 e. The van der Waals surface area contributed by atoms with E-state index in [1.165, 1.54) is 0 Å². The average molecular weight is 281 g/mol. The van der Waals surface area contributed by atoms with Crippen molar-refractivity contribution in [3.63, 3.8) is 0 Å². The summed E-state index contributed by atoms with van der Waals surface area (Å²) >= 11 is 6.35. The summed E-state index contributed by atoms with van der Waals surface area (Å²) in [7, 11) is 5.05. The third kappa shape index (κ3) is 2.28. The fraction of sp³-hybridized carbons (Fsp3) is 0.357. The molecule has 0 atom stereocenters. The van der Waals surface area contributed by atoms with E-state index in [-0.39, 0.29) is 0 Å². The van der Waals surface area contributed by atoms with Crippen molar-refractivity contribution in [3.8, 4) is 11.5 Å².